The number of fused-ring (bicyclic) bond motifs is 1. The van der Waals surface area contributed by atoms with Crippen molar-refractivity contribution in [2.75, 3.05) is 0 Å². The molecular weight excluding hydrogens is 187 g/mol. The Hall–Kier alpha value is -0.890. The first-order valence-corrected chi connectivity index (χ1v) is 5.53. The average molecular weight is 196 g/mol. The van der Waals surface area contributed by atoms with Gasteiger partial charge in [0.2, 0.25) is 0 Å². The topological polar surface area (TPSA) is 57.5 Å². The lowest BCUT2D eigenvalue weighted by Gasteiger charge is -2.02. The van der Waals surface area contributed by atoms with Crippen molar-refractivity contribution in [1.82, 2.24) is 0 Å². The lowest BCUT2D eigenvalue weighted by Crippen LogP contribution is -1.85. The van der Waals surface area contributed by atoms with Crippen molar-refractivity contribution in [2.45, 2.75) is 6.42 Å². The largest absolute Gasteiger partial charge is 0.352 e. The molecule has 1 aliphatic carbocycles. The van der Waals surface area contributed by atoms with Crippen molar-refractivity contribution < 1.29 is 14.4 Å². The Morgan fingerprint density at radius 3 is 2.54 bits per heavy atom. The van der Waals surface area contributed by atoms with Crippen molar-refractivity contribution in [2.24, 2.45) is 0 Å². The van der Waals surface area contributed by atoms with Crippen LogP contribution in [0, 0.1) is 0 Å². The molecule has 0 aliphatic heterocycles. The van der Waals surface area contributed by atoms with Crippen LogP contribution in [0.5, 0.6) is 0 Å². The average Bonchev–Trinajstić information content (AvgIpc) is 2.45. The summed E-state index contributed by atoms with van der Waals surface area (Å²) in [5.41, 5.74) is 1.90. The van der Waals surface area contributed by atoms with E-state index in [-0.39, 0.29) is 5.31 Å². The van der Waals surface area contributed by atoms with Gasteiger partial charge in [-0.2, -0.15) is 0 Å². The minimum Gasteiger partial charge on any atom is -0.321 e. The third-order valence-corrected chi connectivity index (χ3v) is 3.16. The molecule has 2 N–H and O–H groups in total. The Labute approximate surface area is 75.9 Å². The lowest BCUT2D eigenvalue weighted by atomic mass is 10.1. The van der Waals surface area contributed by atoms with Gasteiger partial charge < -0.3 is 9.79 Å². The molecule has 4 heteroatoms. The van der Waals surface area contributed by atoms with E-state index in [0.29, 0.717) is 6.42 Å². The number of rotatable bonds is 1. The van der Waals surface area contributed by atoms with Crippen molar-refractivity contribution >= 4 is 13.7 Å². The Morgan fingerprint density at radius 1 is 1.23 bits per heavy atom. The molecule has 0 atom stereocenters. The van der Waals surface area contributed by atoms with Crippen molar-refractivity contribution in [1.29, 1.82) is 0 Å². The minimum atomic E-state index is -4.03. The fourth-order valence-corrected chi connectivity index (χ4v) is 2.13. The van der Waals surface area contributed by atoms with E-state index in [9.17, 15) is 4.57 Å². The molecule has 0 heterocycles. The van der Waals surface area contributed by atoms with E-state index in [1.807, 2.05) is 24.3 Å². The molecule has 0 unspecified atom stereocenters. The molecule has 1 aliphatic rings. The smallest absolute Gasteiger partial charge is 0.321 e. The standard InChI is InChI=1S/C9H9O3P/c10-13(11,12)9-5-7-3-1-2-4-8(7)6-9/h1-5H,6H2,(H2,10,11,12). The number of hydrogen-bond donors (Lipinski definition) is 2. The number of hydrogen-bond acceptors (Lipinski definition) is 1. The highest BCUT2D eigenvalue weighted by atomic mass is 31.2. The second kappa shape index (κ2) is 2.81. The molecular formula is C9H9O3P. The summed E-state index contributed by atoms with van der Waals surface area (Å²) in [5, 5.41) is 0.216. The van der Waals surface area contributed by atoms with Crippen LogP contribution in [0.1, 0.15) is 11.1 Å². The third-order valence-electron chi connectivity index (χ3n) is 2.12. The SMILES string of the molecule is O=P(O)(O)C1=Cc2ccccc2C1. The molecule has 0 saturated carbocycles. The van der Waals surface area contributed by atoms with Crippen molar-refractivity contribution in [3.63, 3.8) is 0 Å². The first-order valence-electron chi connectivity index (χ1n) is 3.92. The summed E-state index contributed by atoms with van der Waals surface area (Å²) < 4.78 is 10.9. The van der Waals surface area contributed by atoms with Crippen LogP contribution in [0.3, 0.4) is 0 Å². The first kappa shape index (κ1) is 8.70. The summed E-state index contributed by atoms with van der Waals surface area (Å²) in [5.74, 6) is 0. The Bertz CT molecular complexity index is 417. The van der Waals surface area contributed by atoms with E-state index in [2.05, 4.69) is 0 Å². The molecule has 13 heavy (non-hydrogen) atoms. The molecule has 0 aromatic heterocycles. The summed E-state index contributed by atoms with van der Waals surface area (Å²) in [7, 11) is -4.03. The maximum absolute atomic E-state index is 10.9. The molecule has 0 spiro atoms. The minimum absolute atomic E-state index is 0.216. The highest BCUT2D eigenvalue weighted by Crippen LogP contribution is 2.50. The van der Waals surface area contributed by atoms with E-state index in [1.165, 1.54) is 0 Å². The quantitative estimate of drug-likeness (QED) is 0.673. The summed E-state index contributed by atoms with van der Waals surface area (Å²) >= 11 is 0. The molecule has 0 saturated heterocycles. The maximum Gasteiger partial charge on any atom is 0.352 e. The van der Waals surface area contributed by atoms with Crippen LogP contribution in [-0.2, 0) is 11.0 Å². The van der Waals surface area contributed by atoms with E-state index >= 15 is 0 Å². The fraction of sp³-hybridized carbons (Fsp3) is 0.111. The second-order valence-corrected chi connectivity index (χ2v) is 4.72. The normalized spacial score (nSPS) is 15.4. The predicted octanol–water partition coefficient (Wildman–Crippen LogP) is 1.76. The van der Waals surface area contributed by atoms with Crippen LogP contribution < -0.4 is 0 Å². The van der Waals surface area contributed by atoms with Gasteiger partial charge in [0.15, 0.2) is 0 Å². The highest BCUT2D eigenvalue weighted by molar-refractivity contribution is 7.56. The van der Waals surface area contributed by atoms with E-state index < -0.39 is 7.60 Å². The molecule has 3 nitrogen and oxygen atoms in total. The zero-order valence-electron chi connectivity index (χ0n) is 6.84. The van der Waals surface area contributed by atoms with E-state index in [0.717, 1.165) is 11.1 Å². The van der Waals surface area contributed by atoms with Gasteiger partial charge in [0.1, 0.15) is 0 Å². The van der Waals surface area contributed by atoms with Gasteiger partial charge in [-0.3, -0.25) is 4.57 Å². The Morgan fingerprint density at radius 2 is 1.92 bits per heavy atom. The first-order chi connectivity index (χ1) is 6.07. The van der Waals surface area contributed by atoms with Gasteiger partial charge in [0.05, 0.1) is 0 Å². The van der Waals surface area contributed by atoms with Crippen LogP contribution >= 0.6 is 7.60 Å². The molecule has 1 aromatic carbocycles. The fourth-order valence-electron chi connectivity index (χ4n) is 1.45. The van der Waals surface area contributed by atoms with Gasteiger partial charge in [0.25, 0.3) is 0 Å². The summed E-state index contributed by atoms with van der Waals surface area (Å²) in [6.45, 7) is 0. The van der Waals surface area contributed by atoms with Gasteiger partial charge in [-0.25, -0.2) is 0 Å². The van der Waals surface area contributed by atoms with Crippen LogP contribution in [-0.4, -0.2) is 9.79 Å². The molecule has 0 radical (unpaired) electrons. The van der Waals surface area contributed by atoms with Crippen LogP contribution in [0.2, 0.25) is 0 Å². The van der Waals surface area contributed by atoms with Crippen LogP contribution in [0.15, 0.2) is 29.6 Å². The number of allylic oxidation sites excluding steroid dienone is 1. The van der Waals surface area contributed by atoms with Crippen molar-refractivity contribution in [3.05, 3.63) is 40.7 Å². The summed E-state index contributed by atoms with van der Waals surface area (Å²) in [6, 6.07) is 7.47. The predicted molar refractivity (Wildman–Crippen MR) is 50.2 cm³/mol. The molecule has 68 valence electrons. The zero-order chi connectivity index (χ0) is 9.47. The third kappa shape index (κ3) is 1.59. The van der Waals surface area contributed by atoms with Crippen LogP contribution in [0.4, 0.5) is 0 Å². The molecule has 0 bridgehead atoms. The van der Waals surface area contributed by atoms with Gasteiger partial charge >= 0.3 is 7.60 Å². The van der Waals surface area contributed by atoms with Gasteiger partial charge in [-0.05, 0) is 17.2 Å². The second-order valence-electron chi connectivity index (χ2n) is 3.06. The Balaban J connectivity index is 2.42. The summed E-state index contributed by atoms with van der Waals surface area (Å²) in [6.07, 6.45) is 1.95. The Kier molecular flexibility index (Phi) is 1.88. The molecule has 2 rings (SSSR count). The van der Waals surface area contributed by atoms with Crippen molar-refractivity contribution in [3.8, 4) is 0 Å². The van der Waals surface area contributed by atoms with Gasteiger partial charge in [-0.15, -0.1) is 0 Å². The van der Waals surface area contributed by atoms with Gasteiger partial charge in [-0.1, -0.05) is 24.3 Å². The molecule has 1 aromatic rings. The molecule has 0 amide bonds. The molecule has 0 fully saturated rings. The highest BCUT2D eigenvalue weighted by Gasteiger charge is 2.25. The van der Waals surface area contributed by atoms with E-state index in [4.69, 9.17) is 9.79 Å². The maximum atomic E-state index is 10.9. The summed E-state index contributed by atoms with van der Waals surface area (Å²) in [4.78, 5) is 17.9. The lowest BCUT2D eigenvalue weighted by molar-refractivity contribution is 0.382. The van der Waals surface area contributed by atoms with Gasteiger partial charge in [0, 0.05) is 11.7 Å². The zero-order valence-corrected chi connectivity index (χ0v) is 7.74. The van der Waals surface area contributed by atoms with Crippen LogP contribution in [0.25, 0.3) is 6.08 Å². The van der Waals surface area contributed by atoms with E-state index in [1.54, 1.807) is 6.08 Å². The number of benzene rings is 1. The monoisotopic (exact) mass is 196 g/mol.